The SMILES string of the molecule is O=C(Cl)c1ccc(S)c(Sc2ccccc2)c1.[Zn+2]. The minimum absolute atomic E-state index is 0. The van der Waals surface area contributed by atoms with E-state index >= 15 is 0 Å². The zero-order chi connectivity index (χ0) is 12.3. The first kappa shape index (κ1) is 15.8. The largest absolute Gasteiger partial charge is 2.00 e. The molecule has 0 fully saturated rings. The summed E-state index contributed by atoms with van der Waals surface area (Å²) in [4.78, 5) is 13.9. The molecule has 0 unspecified atom stereocenters. The van der Waals surface area contributed by atoms with E-state index in [-0.39, 0.29) is 19.5 Å². The third kappa shape index (κ3) is 4.13. The van der Waals surface area contributed by atoms with Crippen molar-refractivity contribution in [1.82, 2.24) is 0 Å². The van der Waals surface area contributed by atoms with Crippen molar-refractivity contribution >= 4 is 41.2 Å². The second kappa shape index (κ2) is 7.35. The Kier molecular flexibility index (Phi) is 6.44. The van der Waals surface area contributed by atoms with Crippen molar-refractivity contribution in [3.63, 3.8) is 0 Å². The molecule has 0 atom stereocenters. The second-order valence-electron chi connectivity index (χ2n) is 3.37. The minimum Gasteiger partial charge on any atom is -0.276 e. The van der Waals surface area contributed by atoms with Crippen LogP contribution in [0.5, 0.6) is 0 Å². The molecule has 0 N–H and O–H groups in total. The summed E-state index contributed by atoms with van der Waals surface area (Å²) in [6.45, 7) is 0. The van der Waals surface area contributed by atoms with E-state index in [2.05, 4.69) is 12.6 Å². The average molecular weight is 346 g/mol. The number of carbonyl (C=O) groups excluding carboxylic acids is 1. The summed E-state index contributed by atoms with van der Waals surface area (Å²) in [6, 6.07) is 15.1. The zero-order valence-electron chi connectivity index (χ0n) is 9.47. The first-order valence-electron chi connectivity index (χ1n) is 4.92. The van der Waals surface area contributed by atoms with E-state index in [1.165, 1.54) is 0 Å². The standard InChI is InChI=1S/C13H9ClOS2.Zn/c14-13(15)9-6-7-11(16)12(8-9)17-10-4-2-1-3-5-10;/h1-8,16H;/q;+2. The van der Waals surface area contributed by atoms with Crippen molar-refractivity contribution in [3.8, 4) is 0 Å². The van der Waals surface area contributed by atoms with E-state index in [0.717, 1.165) is 14.7 Å². The average Bonchev–Trinajstić information content (AvgIpc) is 2.33. The number of hydrogen-bond donors (Lipinski definition) is 1. The summed E-state index contributed by atoms with van der Waals surface area (Å²) in [5.41, 5.74) is 0.489. The Morgan fingerprint density at radius 3 is 2.39 bits per heavy atom. The van der Waals surface area contributed by atoms with Crippen LogP contribution in [0.3, 0.4) is 0 Å². The van der Waals surface area contributed by atoms with Gasteiger partial charge >= 0.3 is 19.5 Å². The molecule has 1 nitrogen and oxygen atoms in total. The molecule has 0 aliphatic rings. The molecule has 2 aromatic carbocycles. The Hall–Kier alpha value is -0.277. The van der Waals surface area contributed by atoms with Gasteiger partial charge in [0.05, 0.1) is 0 Å². The van der Waals surface area contributed by atoms with E-state index < -0.39 is 5.24 Å². The Balaban J connectivity index is 0.00000162. The zero-order valence-corrected chi connectivity index (χ0v) is 14.9. The molecule has 0 saturated heterocycles. The third-order valence-electron chi connectivity index (χ3n) is 2.16. The fourth-order valence-electron chi connectivity index (χ4n) is 1.33. The molecular formula is C13H9ClOS2Zn+2. The van der Waals surface area contributed by atoms with E-state index in [9.17, 15) is 4.79 Å². The summed E-state index contributed by atoms with van der Waals surface area (Å²) in [7, 11) is 0. The predicted molar refractivity (Wildman–Crippen MR) is 74.4 cm³/mol. The number of rotatable bonds is 3. The molecule has 0 aromatic heterocycles. The first-order valence-corrected chi connectivity index (χ1v) is 6.57. The van der Waals surface area contributed by atoms with E-state index in [1.807, 2.05) is 30.3 Å². The van der Waals surface area contributed by atoms with Crippen molar-refractivity contribution < 1.29 is 24.3 Å². The maximum absolute atomic E-state index is 11.1. The Bertz CT molecular complexity index is 546. The van der Waals surface area contributed by atoms with Gasteiger partial charge in [-0.05, 0) is 41.9 Å². The summed E-state index contributed by atoms with van der Waals surface area (Å²) < 4.78 is 0. The molecule has 5 heteroatoms. The third-order valence-corrected chi connectivity index (χ3v) is 3.98. The smallest absolute Gasteiger partial charge is 0.276 e. The second-order valence-corrected chi connectivity index (χ2v) is 5.31. The minimum atomic E-state index is -0.451. The van der Waals surface area contributed by atoms with Crippen LogP contribution < -0.4 is 0 Å². The summed E-state index contributed by atoms with van der Waals surface area (Å²) in [5.74, 6) is 0. The van der Waals surface area contributed by atoms with Crippen LogP contribution in [0.1, 0.15) is 10.4 Å². The van der Waals surface area contributed by atoms with Crippen LogP contribution in [0.15, 0.2) is 63.2 Å². The molecule has 0 saturated carbocycles. The van der Waals surface area contributed by atoms with E-state index in [0.29, 0.717) is 5.56 Å². The van der Waals surface area contributed by atoms with Crippen molar-refractivity contribution in [2.75, 3.05) is 0 Å². The van der Waals surface area contributed by atoms with Crippen molar-refractivity contribution in [2.24, 2.45) is 0 Å². The van der Waals surface area contributed by atoms with Gasteiger partial charge < -0.3 is 0 Å². The van der Waals surface area contributed by atoms with Gasteiger partial charge in [0, 0.05) is 20.2 Å². The number of benzene rings is 2. The Labute approximate surface area is 133 Å². The molecule has 86 valence electrons. The molecule has 0 bridgehead atoms. The molecule has 0 aliphatic heterocycles. The van der Waals surface area contributed by atoms with Crippen LogP contribution in [-0.4, -0.2) is 5.24 Å². The molecular weight excluding hydrogens is 337 g/mol. The van der Waals surface area contributed by atoms with Crippen LogP contribution >= 0.6 is 36.0 Å². The monoisotopic (exact) mass is 344 g/mol. The quantitative estimate of drug-likeness (QED) is 0.501. The van der Waals surface area contributed by atoms with Gasteiger partial charge in [-0.3, -0.25) is 4.79 Å². The number of hydrogen-bond acceptors (Lipinski definition) is 3. The van der Waals surface area contributed by atoms with Gasteiger partial charge in [0.2, 0.25) is 0 Å². The van der Waals surface area contributed by atoms with Gasteiger partial charge in [-0.15, -0.1) is 12.6 Å². The number of halogens is 1. The van der Waals surface area contributed by atoms with Crippen molar-refractivity contribution in [1.29, 1.82) is 0 Å². The molecule has 0 spiro atoms. The summed E-state index contributed by atoms with van der Waals surface area (Å²) >= 11 is 11.4. The van der Waals surface area contributed by atoms with Gasteiger partial charge in [-0.25, -0.2) is 0 Å². The van der Waals surface area contributed by atoms with Gasteiger partial charge in [0.25, 0.3) is 5.24 Å². The van der Waals surface area contributed by atoms with Crippen LogP contribution in [-0.2, 0) is 19.5 Å². The number of thiol groups is 1. The van der Waals surface area contributed by atoms with Gasteiger partial charge in [-0.1, -0.05) is 30.0 Å². The molecule has 0 aliphatic carbocycles. The fourth-order valence-corrected chi connectivity index (χ4v) is 2.63. The van der Waals surface area contributed by atoms with Crippen LogP contribution in [0.25, 0.3) is 0 Å². The van der Waals surface area contributed by atoms with Gasteiger partial charge in [0.1, 0.15) is 0 Å². The topological polar surface area (TPSA) is 17.1 Å². The Morgan fingerprint density at radius 1 is 1.11 bits per heavy atom. The predicted octanol–water partition coefficient (Wildman–Crippen LogP) is 4.50. The fraction of sp³-hybridized carbons (Fsp3) is 0. The van der Waals surface area contributed by atoms with Crippen LogP contribution in [0.2, 0.25) is 0 Å². The van der Waals surface area contributed by atoms with Crippen molar-refractivity contribution in [3.05, 3.63) is 54.1 Å². The normalized spacial score (nSPS) is 9.67. The summed E-state index contributed by atoms with van der Waals surface area (Å²) in [6.07, 6.45) is 0. The van der Waals surface area contributed by atoms with Gasteiger partial charge in [-0.2, -0.15) is 0 Å². The number of carbonyl (C=O) groups is 1. The molecule has 18 heavy (non-hydrogen) atoms. The maximum atomic E-state index is 11.1. The van der Waals surface area contributed by atoms with Crippen LogP contribution in [0.4, 0.5) is 0 Å². The molecule has 0 heterocycles. The Morgan fingerprint density at radius 2 is 1.78 bits per heavy atom. The molecule has 0 amide bonds. The maximum Gasteiger partial charge on any atom is 2.00 e. The van der Waals surface area contributed by atoms with Crippen LogP contribution in [0, 0.1) is 0 Å². The summed E-state index contributed by atoms with van der Waals surface area (Å²) in [5, 5.41) is -0.451. The van der Waals surface area contributed by atoms with E-state index in [4.69, 9.17) is 11.6 Å². The van der Waals surface area contributed by atoms with E-state index in [1.54, 1.807) is 30.0 Å². The van der Waals surface area contributed by atoms with Gasteiger partial charge in [0.15, 0.2) is 0 Å². The first-order chi connectivity index (χ1) is 8.16. The molecule has 0 radical (unpaired) electrons. The van der Waals surface area contributed by atoms with Crippen molar-refractivity contribution in [2.45, 2.75) is 14.7 Å². The molecule has 2 rings (SSSR count). The molecule has 2 aromatic rings.